The van der Waals surface area contributed by atoms with Gasteiger partial charge >= 0.3 is 0 Å². The Morgan fingerprint density at radius 2 is 2.10 bits per heavy atom. The fourth-order valence-corrected chi connectivity index (χ4v) is 4.77. The lowest BCUT2D eigenvalue weighted by Crippen LogP contribution is -2.45. The summed E-state index contributed by atoms with van der Waals surface area (Å²) < 4.78 is 0.701. The number of phenolic OH excluding ortho intramolecular Hbond substituents is 1. The lowest BCUT2D eigenvalue weighted by molar-refractivity contribution is 0.144. The summed E-state index contributed by atoms with van der Waals surface area (Å²) in [6.45, 7) is 3.04. The van der Waals surface area contributed by atoms with Crippen LogP contribution in [0.3, 0.4) is 0 Å². The molecule has 1 aliphatic heterocycles. The fourth-order valence-electron chi connectivity index (χ4n) is 3.97. The summed E-state index contributed by atoms with van der Waals surface area (Å²) in [7, 11) is 4.29. The van der Waals surface area contributed by atoms with Crippen molar-refractivity contribution < 1.29 is 5.11 Å². The molecule has 0 amide bonds. The molecule has 3 aromatic rings. The van der Waals surface area contributed by atoms with E-state index in [9.17, 15) is 9.90 Å². The number of aromatic amines is 1. The third-order valence-electron chi connectivity index (χ3n) is 5.47. The number of rotatable bonds is 4. The van der Waals surface area contributed by atoms with E-state index in [4.69, 9.17) is 0 Å². The normalized spacial score (nSPS) is 17.7. The van der Waals surface area contributed by atoms with Crippen molar-refractivity contribution in [1.29, 1.82) is 0 Å². The molecule has 0 saturated carbocycles. The molecule has 1 saturated heterocycles. The third-order valence-corrected chi connectivity index (χ3v) is 6.38. The molecule has 1 fully saturated rings. The van der Waals surface area contributed by atoms with Crippen LogP contribution in [0.4, 0.5) is 0 Å². The van der Waals surface area contributed by atoms with E-state index in [0.717, 1.165) is 41.5 Å². The zero-order chi connectivity index (χ0) is 19.0. The summed E-state index contributed by atoms with van der Waals surface area (Å²) >= 11 is 1.43. The molecule has 1 aliphatic rings. The van der Waals surface area contributed by atoms with E-state index in [1.165, 1.54) is 24.2 Å². The highest BCUT2D eigenvalue weighted by molar-refractivity contribution is 7.17. The number of aromatic nitrogens is 1. The SMILES string of the molecule is CN(C)C1CCCN(C/C=C/c2c(O)ccc3[nH]c(=O)c4sccc4c23)C1.Cl.Cl. The van der Waals surface area contributed by atoms with Crippen LogP contribution in [-0.2, 0) is 0 Å². The Hall–Kier alpha value is -1.57. The number of likely N-dealkylation sites (tertiary alicyclic amines) is 1. The number of pyridine rings is 1. The summed E-state index contributed by atoms with van der Waals surface area (Å²) in [5.41, 5.74) is 1.46. The Balaban J connectivity index is 0.00000150. The van der Waals surface area contributed by atoms with Crippen LogP contribution in [0.25, 0.3) is 27.1 Å². The average Bonchev–Trinajstić information content (AvgIpc) is 3.14. The Bertz CT molecular complexity index is 1060. The standard InChI is InChI=1S/C21H25N3O2S.2ClH/c1-23(2)14-5-3-10-24(13-14)11-4-6-15-18(25)8-7-17-19(15)16-9-12-27-20(16)21(26)22-17;;/h4,6-9,12,14,25H,3,5,10-11,13H2,1-2H3,(H,22,26);2*1H/b6-4+;;. The van der Waals surface area contributed by atoms with Crippen LogP contribution in [0.1, 0.15) is 18.4 Å². The molecule has 2 N–H and O–H groups in total. The maximum absolute atomic E-state index is 12.2. The number of H-pyrrole nitrogens is 1. The molecular formula is C21H27Cl2N3O2S. The van der Waals surface area contributed by atoms with E-state index < -0.39 is 0 Å². The number of halogens is 2. The highest BCUT2D eigenvalue weighted by Gasteiger charge is 2.20. The van der Waals surface area contributed by atoms with Crippen molar-refractivity contribution >= 4 is 63.2 Å². The van der Waals surface area contributed by atoms with Gasteiger partial charge in [0.25, 0.3) is 5.56 Å². The molecule has 1 aromatic carbocycles. The maximum atomic E-state index is 12.2. The van der Waals surface area contributed by atoms with Crippen molar-refractivity contribution in [2.75, 3.05) is 33.7 Å². The maximum Gasteiger partial charge on any atom is 0.266 e. The molecule has 0 spiro atoms. The Morgan fingerprint density at radius 1 is 1.31 bits per heavy atom. The smallest absolute Gasteiger partial charge is 0.266 e. The predicted octanol–water partition coefficient (Wildman–Crippen LogP) is 4.33. The van der Waals surface area contributed by atoms with Crippen molar-refractivity contribution in [3.8, 4) is 5.75 Å². The van der Waals surface area contributed by atoms with Crippen molar-refractivity contribution in [2.45, 2.75) is 18.9 Å². The lowest BCUT2D eigenvalue weighted by Gasteiger charge is -2.35. The summed E-state index contributed by atoms with van der Waals surface area (Å²) in [5, 5.41) is 14.2. The first-order valence-corrected chi connectivity index (χ1v) is 10.2. The van der Waals surface area contributed by atoms with E-state index in [2.05, 4.69) is 35.0 Å². The van der Waals surface area contributed by atoms with Crippen LogP contribution in [0.5, 0.6) is 5.75 Å². The second-order valence-electron chi connectivity index (χ2n) is 7.46. The van der Waals surface area contributed by atoms with Crippen LogP contribution in [0.2, 0.25) is 0 Å². The van der Waals surface area contributed by atoms with Gasteiger partial charge in [0.2, 0.25) is 0 Å². The minimum atomic E-state index is -0.0730. The Labute approximate surface area is 186 Å². The third kappa shape index (κ3) is 4.78. The minimum Gasteiger partial charge on any atom is -0.507 e. The highest BCUT2D eigenvalue weighted by atomic mass is 35.5. The zero-order valence-electron chi connectivity index (χ0n) is 16.6. The van der Waals surface area contributed by atoms with Gasteiger partial charge in [0, 0.05) is 41.0 Å². The van der Waals surface area contributed by atoms with Crippen molar-refractivity contribution in [1.82, 2.24) is 14.8 Å². The molecule has 8 heteroatoms. The van der Waals surface area contributed by atoms with Gasteiger partial charge in [-0.2, -0.15) is 0 Å². The number of piperidine rings is 1. The van der Waals surface area contributed by atoms with Crippen molar-refractivity contribution in [3.63, 3.8) is 0 Å². The van der Waals surface area contributed by atoms with Gasteiger partial charge in [0.1, 0.15) is 10.4 Å². The van der Waals surface area contributed by atoms with E-state index in [0.29, 0.717) is 10.7 Å². The van der Waals surface area contributed by atoms with Crippen LogP contribution >= 0.6 is 36.2 Å². The van der Waals surface area contributed by atoms with Gasteiger partial charge in [-0.1, -0.05) is 12.2 Å². The number of phenols is 1. The largest absolute Gasteiger partial charge is 0.507 e. The van der Waals surface area contributed by atoms with E-state index in [-0.39, 0.29) is 36.1 Å². The van der Waals surface area contributed by atoms with Crippen LogP contribution in [-0.4, -0.2) is 59.7 Å². The quantitative estimate of drug-likeness (QED) is 0.614. The molecular weight excluding hydrogens is 429 g/mol. The topological polar surface area (TPSA) is 59.6 Å². The van der Waals surface area contributed by atoms with E-state index >= 15 is 0 Å². The molecule has 4 rings (SSSR count). The molecule has 5 nitrogen and oxygen atoms in total. The van der Waals surface area contributed by atoms with Crippen LogP contribution in [0, 0.1) is 0 Å². The number of nitrogens with one attached hydrogen (secondary N) is 1. The minimum absolute atomic E-state index is 0. The number of nitrogens with zero attached hydrogens (tertiary/aromatic N) is 2. The number of benzene rings is 1. The molecule has 0 radical (unpaired) electrons. The first kappa shape index (κ1) is 23.7. The summed E-state index contributed by atoms with van der Waals surface area (Å²) in [5.74, 6) is 0.239. The van der Waals surface area contributed by atoms with Gasteiger partial charge in [-0.15, -0.1) is 36.2 Å². The molecule has 0 bridgehead atoms. The van der Waals surface area contributed by atoms with Gasteiger partial charge in [-0.25, -0.2) is 0 Å². The number of thiophene rings is 1. The first-order chi connectivity index (χ1) is 13.0. The number of likely N-dealkylation sites (N-methyl/N-ethyl adjacent to an activating group) is 1. The molecule has 158 valence electrons. The number of hydrogen-bond donors (Lipinski definition) is 2. The van der Waals surface area contributed by atoms with Gasteiger partial charge in [-0.3, -0.25) is 9.69 Å². The number of fused-ring (bicyclic) bond motifs is 3. The number of aromatic hydroxyl groups is 1. The summed E-state index contributed by atoms with van der Waals surface area (Å²) in [6, 6.07) is 5.99. The predicted molar refractivity (Wildman–Crippen MR) is 128 cm³/mol. The molecule has 3 heterocycles. The second kappa shape index (κ2) is 9.96. The fraction of sp³-hybridized carbons (Fsp3) is 0.381. The van der Waals surface area contributed by atoms with Gasteiger partial charge in [0.05, 0.1) is 0 Å². The molecule has 1 unspecified atom stereocenters. The Morgan fingerprint density at radius 3 is 2.86 bits per heavy atom. The van der Waals surface area contributed by atoms with Crippen molar-refractivity contribution in [3.05, 3.63) is 45.6 Å². The van der Waals surface area contributed by atoms with Crippen LogP contribution in [0.15, 0.2) is 34.4 Å². The summed E-state index contributed by atoms with van der Waals surface area (Å²) in [6.07, 6.45) is 6.58. The van der Waals surface area contributed by atoms with Gasteiger partial charge in [0.15, 0.2) is 0 Å². The van der Waals surface area contributed by atoms with Gasteiger partial charge < -0.3 is 15.0 Å². The van der Waals surface area contributed by atoms with Crippen LogP contribution < -0.4 is 5.56 Å². The number of hydrogen-bond acceptors (Lipinski definition) is 5. The monoisotopic (exact) mass is 455 g/mol. The molecule has 1 atom stereocenters. The highest BCUT2D eigenvalue weighted by Crippen LogP contribution is 2.33. The van der Waals surface area contributed by atoms with Gasteiger partial charge in [-0.05, 0) is 57.1 Å². The van der Waals surface area contributed by atoms with Crippen molar-refractivity contribution in [2.24, 2.45) is 0 Å². The lowest BCUT2D eigenvalue weighted by atomic mass is 10.0. The molecule has 0 aliphatic carbocycles. The first-order valence-electron chi connectivity index (χ1n) is 9.35. The Kier molecular flexibility index (Phi) is 8.14. The van der Waals surface area contributed by atoms with E-state index in [1.54, 1.807) is 12.1 Å². The molecule has 29 heavy (non-hydrogen) atoms. The zero-order valence-corrected chi connectivity index (χ0v) is 19.0. The second-order valence-corrected chi connectivity index (χ2v) is 8.38. The average molecular weight is 456 g/mol. The molecule has 2 aromatic heterocycles. The van der Waals surface area contributed by atoms with E-state index in [1.807, 2.05) is 17.5 Å². The summed E-state index contributed by atoms with van der Waals surface area (Å²) in [4.78, 5) is 19.9.